The van der Waals surface area contributed by atoms with E-state index in [2.05, 4.69) is 10.3 Å². The molecule has 14 heavy (non-hydrogen) atoms. The molecule has 1 aromatic heterocycles. The van der Waals surface area contributed by atoms with Crippen LogP contribution >= 0.6 is 11.6 Å². The summed E-state index contributed by atoms with van der Waals surface area (Å²) in [6, 6.07) is 1.94. The number of halogens is 1. The summed E-state index contributed by atoms with van der Waals surface area (Å²) in [5, 5.41) is 2.84. The van der Waals surface area contributed by atoms with E-state index in [1.54, 1.807) is 0 Å². The summed E-state index contributed by atoms with van der Waals surface area (Å²) >= 11 is 5.51. The predicted molar refractivity (Wildman–Crippen MR) is 57.2 cm³/mol. The van der Waals surface area contributed by atoms with E-state index in [1.807, 2.05) is 18.5 Å². The van der Waals surface area contributed by atoms with Gasteiger partial charge in [0.25, 0.3) is 0 Å². The summed E-state index contributed by atoms with van der Waals surface area (Å²) in [4.78, 5) is 14.2. The Morgan fingerprint density at radius 1 is 1.50 bits per heavy atom. The zero-order valence-corrected chi connectivity index (χ0v) is 8.81. The monoisotopic (exact) mass is 214 g/mol. The fourth-order valence-electron chi connectivity index (χ4n) is 1.14. The van der Waals surface area contributed by atoms with Crippen molar-refractivity contribution in [1.29, 1.82) is 0 Å². The number of aromatic nitrogens is 1. The first kappa shape index (κ1) is 11.1. The lowest BCUT2D eigenvalue weighted by atomic mass is 10.2. The molecule has 1 rings (SSSR count). The average molecular weight is 215 g/mol. The largest absolute Gasteiger partial charge is 0.367 e. The van der Waals surface area contributed by atoms with Crippen molar-refractivity contribution >= 4 is 17.5 Å². The zero-order valence-electron chi connectivity index (χ0n) is 8.05. The second kappa shape index (κ2) is 6.49. The van der Waals surface area contributed by atoms with E-state index in [4.69, 9.17) is 11.6 Å². The average Bonchev–Trinajstić information content (AvgIpc) is 2.68. The Bertz CT molecular complexity index is 259. The fraction of sp³-hybridized carbons (Fsp3) is 0.500. The third-order valence-corrected chi connectivity index (χ3v) is 2.21. The van der Waals surface area contributed by atoms with Gasteiger partial charge < -0.3 is 10.3 Å². The topological polar surface area (TPSA) is 44.9 Å². The van der Waals surface area contributed by atoms with Crippen LogP contribution in [0.3, 0.4) is 0 Å². The van der Waals surface area contributed by atoms with Gasteiger partial charge in [-0.3, -0.25) is 4.79 Å². The fourth-order valence-corrected chi connectivity index (χ4v) is 1.33. The van der Waals surface area contributed by atoms with Gasteiger partial charge >= 0.3 is 0 Å². The number of carbonyl (C=O) groups excluding carboxylic acids is 1. The molecule has 1 amide bonds. The molecule has 1 heterocycles. The smallest absolute Gasteiger partial charge is 0.220 e. The quantitative estimate of drug-likeness (QED) is 0.553. The van der Waals surface area contributed by atoms with Crippen LogP contribution in [0.25, 0.3) is 0 Å². The van der Waals surface area contributed by atoms with Gasteiger partial charge in [0.15, 0.2) is 0 Å². The maximum atomic E-state index is 11.2. The third-order valence-electron chi connectivity index (χ3n) is 1.94. The van der Waals surface area contributed by atoms with E-state index in [0.29, 0.717) is 18.8 Å². The normalized spacial score (nSPS) is 10.1. The van der Waals surface area contributed by atoms with Crippen LogP contribution in [-0.4, -0.2) is 16.8 Å². The number of aromatic amines is 1. The Hall–Kier alpha value is -0.960. The van der Waals surface area contributed by atoms with Gasteiger partial charge in [0.05, 0.1) is 0 Å². The summed E-state index contributed by atoms with van der Waals surface area (Å²) in [5.74, 6) is 0.724. The van der Waals surface area contributed by atoms with E-state index in [9.17, 15) is 4.79 Å². The standard InChI is InChI=1S/C10H15ClN2O/c11-5-2-1-3-10(14)13-8-9-4-6-12-7-9/h4,6-7,12H,1-3,5,8H2,(H,13,14). The minimum absolute atomic E-state index is 0.0938. The Balaban J connectivity index is 2.09. The van der Waals surface area contributed by atoms with Gasteiger partial charge in [-0.1, -0.05) is 0 Å². The van der Waals surface area contributed by atoms with Crippen LogP contribution in [0.5, 0.6) is 0 Å². The van der Waals surface area contributed by atoms with E-state index >= 15 is 0 Å². The highest BCUT2D eigenvalue weighted by Crippen LogP contribution is 1.99. The second-order valence-corrected chi connectivity index (χ2v) is 3.52. The van der Waals surface area contributed by atoms with Gasteiger partial charge in [-0.25, -0.2) is 0 Å². The predicted octanol–water partition coefficient (Wildman–Crippen LogP) is 2.04. The summed E-state index contributed by atoms with van der Waals surface area (Å²) in [5.41, 5.74) is 1.09. The molecule has 0 saturated carbocycles. The summed E-state index contributed by atoms with van der Waals surface area (Å²) in [7, 11) is 0. The molecule has 0 radical (unpaired) electrons. The summed E-state index contributed by atoms with van der Waals surface area (Å²) < 4.78 is 0. The highest BCUT2D eigenvalue weighted by molar-refractivity contribution is 6.17. The van der Waals surface area contributed by atoms with Crippen molar-refractivity contribution in [1.82, 2.24) is 10.3 Å². The highest BCUT2D eigenvalue weighted by atomic mass is 35.5. The molecular weight excluding hydrogens is 200 g/mol. The number of nitrogens with one attached hydrogen (secondary N) is 2. The first-order chi connectivity index (χ1) is 6.83. The van der Waals surface area contributed by atoms with E-state index in [-0.39, 0.29) is 5.91 Å². The summed E-state index contributed by atoms with van der Waals surface area (Å²) in [6.07, 6.45) is 6.05. The minimum Gasteiger partial charge on any atom is -0.367 e. The number of alkyl halides is 1. The molecule has 0 spiro atoms. The molecule has 0 aliphatic carbocycles. The molecule has 0 fully saturated rings. The van der Waals surface area contributed by atoms with Gasteiger partial charge in [0.1, 0.15) is 0 Å². The van der Waals surface area contributed by atoms with E-state index < -0.39 is 0 Å². The van der Waals surface area contributed by atoms with Crippen molar-refractivity contribution < 1.29 is 4.79 Å². The Labute approximate surface area is 88.8 Å². The maximum absolute atomic E-state index is 11.2. The van der Waals surface area contributed by atoms with Gasteiger partial charge in [-0.15, -0.1) is 11.6 Å². The number of carbonyl (C=O) groups is 1. The van der Waals surface area contributed by atoms with Crippen LogP contribution in [0.15, 0.2) is 18.5 Å². The molecule has 2 N–H and O–H groups in total. The van der Waals surface area contributed by atoms with Crippen molar-refractivity contribution in [3.8, 4) is 0 Å². The van der Waals surface area contributed by atoms with E-state index in [0.717, 1.165) is 18.4 Å². The molecule has 1 aromatic rings. The molecule has 0 bridgehead atoms. The van der Waals surface area contributed by atoms with Crippen molar-refractivity contribution in [2.75, 3.05) is 5.88 Å². The molecule has 0 unspecified atom stereocenters. The van der Waals surface area contributed by atoms with Crippen LogP contribution in [0.1, 0.15) is 24.8 Å². The molecular formula is C10H15ClN2O. The molecule has 3 nitrogen and oxygen atoms in total. The highest BCUT2D eigenvalue weighted by Gasteiger charge is 2.00. The number of rotatable bonds is 6. The molecule has 0 aromatic carbocycles. The maximum Gasteiger partial charge on any atom is 0.220 e. The van der Waals surface area contributed by atoms with Crippen LogP contribution in [0.2, 0.25) is 0 Å². The molecule has 0 aliphatic heterocycles. The van der Waals surface area contributed by atoms with E-state index in [1.165, 1.54) is 0 Å². The molecule has 4 heteroatoms. The minimum atomic E-state index is 0.0938. The van der Waals surface area contributed by atoms with Crippen LogP contribution in [0, 0.1) is 0 Å². The zero-order chi connectivity index (χ0) is 10.2. The lowest BCUT2D eigenvalue weighted by Gasteiger charge is -2.02. The Morgan fingerprint density at radius 3 is 3.00 bits per heavy atom. The van der Waals surface area contributed by atoms with Crippen molar-refractivity contribution in [2.45, 2.75) is 25.8 Å². The third kappa shape index (κ3) is 4.33. The molecule has 0 aliphatic rings. The Kier molecular flexibility index (Phi) is 5.15. The van der Waals surface area contributed by atoms with Crippen LogP contribution < -0.4 is 5.32 Å². The van der Waals surface area contributed by atoms with Gasteiger partial charge in [-0.2, -0.15) is 0 Å². The van der Waals surface area contributed by atoms with Gasteiger partial charge in [0, 0.05) is 31.2 Å². The van der Waals surface area contributed by atoms with Gasteiger partial charge in [0.2, 0.25) is 5.91 Å². The number of hydrogen-bond acceptors (Lipinski definition) is 1. The lowest BCUT2D eigenvalue weighted by Crippen LogP contribution is -2.22. The van der Waals surface area contributed by atoms with Crippen LogP contribution in [0.4, 0.5) is 0 Å². The Morgan fingerprint density at radius 2 is 2.36 bits per heavy atom. The van der Waals surface area contributed by atoms with Gasteiger partial charge in [-0.05, 0) is 24.5 Å². The number of amides is 1. The second-order valence-electron chi connectivity index (χ2n) is 3.14. The SMILES string of the molecule is O=C(CCCCCl)NCc1cc[nH]c1. The van der Waals surface area contributed by atoms with Crippen molar-refractivity contribution in [3.63, 3.8) is 0 Å². The first-order valence-electron chi connectivity index (χ1n) is 4.77. The molecule has 78 valence electrons. The summed E-state index contributed by atoms with van der Waals surface area (Å²) in [6.45, 7) is 0.600. The lowest BCUT2D eigenvalue weighted by molar-refractivity contribution is -0.121. The van der Waals surface area contributed by atoms with Crippen LogP contribution in [-0.2, 0) is 11.3 Å². The molecule has 0 atom stereocenters. The van der Waals surface area contributed by atoms with Crippen molar-refractivity contribution in [3.05, 3.63) is 24.0 Å². The van der Waals surface area contributed by atoms with Crippen molar-refractivity contribution in [2.24, 2.45) is 0 Å². The molecule has 0 saturated heterocycles. The number of hydrogen-bond donors (Lipinski definition) is 2. The first-order valence-corrected chi connectivity index (χ1v) is 5.30. The number of H-pyrrole nitrogens is 1. The number of unbranched alkanes of at least 4 members (excludes halogenated alkanes) is 1.